The van der Waals surface area contributed by atoms with Gasteiger partial charge in [-0.3, -0.25) is 4.79 Å². The average Bonchev–Trinajstić information content (AvgIpc) is 2.77. The van der Waals surface area contributed by atoms with Gasteiger partial charge in [0.25, 0.3) is 5.91 Å². The van der Waals surface area contributed by atoms with Crippen LogP contribution in [0.4, 0.5) is 5.95 Å². The third kappa shape index (κ3) is 2.67. The molecule has 1 aromatic heterocycles. The molecule has 0 aliphatic carbocycles. The Kier molecular flexibility index (Phi) is 3.44. The fourth-order valence-corrected chi connectivity index (χ4v) is 3.07. The minimum atomic E-state index is 0.0893. The van der Waals surface area contributed by atoms with Crippen molar-refractivity contribution in [1.29, 1.82) is 0 Å². The van der Waals surface area contributed by atoms with Crippen LogP contribution in [0.25, 0.3) is 0 Å². The number of anilines is 1. The molecular formula is C15H24N4O. The van der Waals surface area contributed by atoms with Crippen molar-refractivity contribution in [3.63, 3.8) is 0 Å². The molecule has 0 atom stereocenters. The number of nitrogens with one attached hydrogen (secondary N) is 1. The maximum Gasteiger partial charge on any atom is 0.274 e. The minimum absolute atomic E-state index is 0.0893. The predicted octanol–water partition coefficient (Wildman–Crippen LogP) is 2.35. The van der Waals surface area contributed by atoms with Crippen molar-refractivity contribution in [2.45, 2.75) is 46.1 Å². The number of carbonyl (C=O) groups is 1. The quantitative estimate of drug-likeness (QED) is 0.856. The van der Waals surface area contributed by atoms with Crippen LogP contribution >= 0.6 is 0 Å². The highest BCUT2D eigenvalue weighted by Gasteiger charge is 2.27. The number of aromatic nitrogens is 2. The van der Waals surface area contributed by atoms with Crippen LogP contribution in [0.15, 0.2) is 6.20 Å². The summed E-state index contributed by atoms with van der Waals surface area (Å²) >= 11 is 0. The summed E-state index contributed by atoms with van der Waals surface area (Å²) in [6, 6.07) is 0. The Morgan fingerprint density at radius 3 is 2.90 bits per heavy atom. The fourth-order valence-electron chi connectivity index (χ4n) is 3.07. The Morgan fingerprint density at radius 2 is 2.10 bits per heavy atom. The molecule has 0 radical (unpaired) electrons. The van der Waals surface area contributed by atoms with Crippen molar-refractivity contribution in [3.8, 4) is 0 Å². The summed E-state index contributed by atoms with van der Waals surface area (Å²) in [7, 11) is 0. The van der Waals surface area contributed by atoms with Crippen molar-refractivity contribution in [3.05, 3.63) is 11.9 Å². The van der Waals surface area contributed by atoms with E-state index in [2.05, 4.69) is 28.7 Å². The molecule has 2 aliphatic rings. The molecule has 5 nitrogen and oxygen atoms in total. The molecule has 1 saturated heterocycles. The number of fused-ring (bicyclic) bond motifs is 1. The average molecular weight is 276 g/mol. The standard InChI is InChI=1S/C15H24N4O/c1-15(2)5-3-8-18(10-6-15)13(20)12-11-19-9-4-7-16-14(19)17-12/h11H,3-10H2,1-2H3,(H,16,17). The molecule has 0 unspecified atom stereocenters. The van der Waals surface area contributed by atoms with Crippen molar-refractivity contribution >= 4 is 11.9 Å². The van der Waals surface area contributed by atoms with Gasteiger partial charge in [0, 0.05) is 32.4 Å². The summed E-state index contributed by atoms with van der Waals surface area (Å²) in [4.78, 5) is 19.0. The smallest absolute Gasteiger partial charge is 0.274 e. The zero-order valence-electron chi connectivity index (χ0n) is 12.5. The van der Waals surface area contributed by atoms with E-state index in [4.69, 9.17) is 0 Å². The first-order valence-electron chi connectivity index (χ1n) is 7.65. The number of carbonyl (C=O) groups excluding carboxylic acids is 1. The van der Waals surface area contributed by atoms with E-state index in [-0.39, 0.29) is 5.91 Å². The van der Waals surface area contributed by atoms with Crippen LogP contribution in [-0.2, 0) is 6.54 Å². The van der Waals surface area contributed by atoms with Crippen LogP contribution in [0.5, 0.6) is 0 Å². The van der Waals surface area contributed by atoms with Gasteiger partial charge in [-0.2, -0.15) is 0 Å². The SMILES string of the molecule is CC1(C)CCCN(C(=O)c2cn3c(n2)NCCC3)CC1. The zero-order valence-corrected chi connectivity index (χ0v) is 12.5. The third-order valence-corrected chi connectivity index (χ3v) is 4.48. The Labute approximate surface area is 120 Å². The molecule has 1 amide bonds. The van der Waals surface area contributed by atoms with Crippen molar-refractivity contribution in [2.24, 2.45) is 5.41 Å². The molecule has 0 saturated carbocycles. The lowest BCUT2D eigenvalue weighted by molar-refractivity contribution is 0.0752. The molecule has 110 valence electrons. The van der Waals surface area contributed by atoms with E-state index in [1.807, 2.05) is 11.1 Å². The van der Waals surface area contributed by atoms with E-state index in [1.165, 1.54) is 6.42 Å². The largest absolute Gasteiger partial charge is 0.356 e. The van der Waals surface area contributed by atoms with Crippen LogP contribution in [0.3, 0.4) is 0 Å². The zero-order chi connectivity index (χ0) is 14.2. The highest BCUT2D eigenvalue weighted by Crippen LogP contribution is 2.30. The number of nitrogens with zero attached hydrogens (tertiary/aromatic N) is 3. The molecule has 3 heterocycles. The first-order valence-corrected chi connectivity index (χ1v) is 7.65. The fraction of sp³-hybridized carbons (Fsp3) is 0.733. The van der Waals surface area contributed by atoms with Gasteiger partial charge < -0.3 is 14.8 Å². The van der Waals surface area contributed by atoms with Crippen LogP contribution in [0, 0.1) is 5.41 Å². The Hall–Kier alpha value is -1.52. The van der Waals surface area contributed by atoms with Gasteiger partial charge in [-0.25, -0.2) is 4.98 Å². The maximum atomic E-state index is 12.6. The Balaban J connectivity index is 1.73. The Morgan fingerprint density at radius 1 is 1.25 bits per heavy atom. The van der Waals surface area contributed by atoms with E-state index >= 15 is 0 Å². The molecule has 1 aromatic rings. The molecular weight excluding hydrogens is 252 g/mol. The number of rotatable bonds is 1. The van der Waals surface area contributed by atoms with Crippen LogP contribution in [0.1, 0.15) is 50.0 Å². The predicted molar refractivity (Wildman–Crippen MR) is 78.9 cm³/mol. The lowest BCUT2D eigenvalue weighted by Crippen LogP contribution is -2.32. The van der Waals surface area contributed by atoms with Gasteiger partial charge in [0.1, 0.15) is 5.69 Å². The first-order chi connectivity index (χ1) is 9.55. The Bertz CT molecular complexity index is 482. The summed E-state index contributed by atoms with van der Waals surface area (Å²) in [5.41, 5.74) is 0.943. The lowest BCUT2D eigenvalue weighted by atomic mass is 9.85. The van der Waals surface area contributed by atoms with E-state index in [0.717, 1.165) is 51.4 Å². The summed E-state index contributed by atoms with van der Waals surface area (Å²) in [5, 5.41) is 3.25. The van der Waals surface area contributed by atoms with Gasteiger partial charge in [0.2, 0.25) is 5.95 Å². The second-order valence-electron chi connectivity index (χ2n) is 6.73. The number of imidazole rings is 1. The summed E-state index contributed by atoms with van der Waals surface area (Å²) in [6.07, 6.45) is 6.35. The minimum Gasteiger partial charge on any atom is -0.356 e. The second kappa shape index (κ2) is 5.11. The van der Waals surface area contributed by atoms with E-state index in [0.29, 0.717) is 11.1 Å². The molecule has 0 spiro atoms. The molecule has 3 rings (SSSR count). The monoisotopic (exact) mass is 276 g/mol. The van der Waals surface area contributed by atoms with Crippen molar-refractivity contribution in [2.75, 3.05) is 25.0 Å². The van der Waals surface area contributed by atoms with E-state index < -0.39 is 0 Å². The topological polar surface area (TPSA) is 50.2 Å². The lowest BCUT2D eigenvalue weighted by Gasteiger charge is -2.22. The van der Waals surface area contributed by atoms with Crippen LogP contribution < -0.4 is 5.32 Å². The van der Waals surface area contributed by atoms with Gasteiger partial charge in [0.05, 0.1) is 0 Å². The van der Waals surface area contributed by atoms with Gasteiger partial charge in [-0.05, 0) is 31.1 Å². The number of likely N-dealkylation sites (tertiary alicyclic amines) is 1. The molecule has 0 bridgehead atoms. The molecule has 1 fully saturated rings. The highest BCUT2D eigenvalue weighted by molar-refractivity contribution is 5.92. The molecule has 0 aromatic carbocycles. The second-order valence-corrected chi connectivity index (χ2v) is 6.73. The summed E-state index contributed by atoms with van der Waals surface area (Å²) < 4.78 is 2.05. The number of hydrogen-bond donors (Lipinski definition) is 1. The number of hydrogen-bond acceptors (Lipinski definition) is 3. The third-order valence-electron chi connectivity index (χ3n) is 4.48. The normalized spacial score (nSPS) is 21.8. The number of aryl methyl sites for hydroxylation is 1. The van der Waals surface area contributed by atoms with Crippen LogP contribution in [-0.4, -0.2) is 40.0 Å². The van der Waals surface area contributed by atoms with Gasteiger partial charge in [0.15, 0.2) is 0 Å². The van der Waals surface area contributed by atoms with Crippen molar-refractivity contribution in [1.82, 2.24) is 14.5 Å². The molecule has 20 heavy (non-hydrogen) atoms. The van der Waals surface area contributed by atoms with Gasteiger partial charge >= 0.3 is 0 Å². The molecule has 5 heteroatoms. The highest BCUT2D eigenvalue weighted by atomic mass is 16.2. The molecule has 1 N–H and O–H groups in total. The van der Waals surface area contributed by atoms with Crippen LogP contribution in [0.2, 0.25) is 0 Å². The maximum absolute atomic E-state index is 12.6. The first kappa shape index (κ1) is 13.5. The van der Waals surface area contributed by atoms with E-state index in [1.54, 1.807) is 0 Å². The summed E-state index contributed by atoms with van der Waals surface area (Å²) in [6.45, 7) is 8.19. The van der Waals surface area contributed by atoms with Crippen molar-refractivity contribution < 1.29 is 4.79 Å². The number of amides is 1. The van der Waals surface area contributed by atoms with E-state index in [9.17, 15) is 4.79 Å². The molecule has 2 aliphatic heterocycles. The van der Waals surface area contributed by atoms with Gasteiger partial charge in [-0.15, -0.1) is 0 Å². The van der Waals surface area contributed by atoms with Gasteiger partial charge in [-0.1, -0.05) is 13.8 Å². The summed E-state index contributed by atoms with van der Waals surface area (Å²) in [5.74, 6) is 0.932.